The van der Waals surface area contributed by atoms with Crippen LogP contribution >= 0.6 is 15.9 Å². The molecule has 8 nitrogen and oxygen atoms in total. The molecule has 0 bridgehead atoms. The van der Waals surface area contributed by atoms with E-state index in [2.05, 4.69) is 26.2 Å². The molecule has 2 aromatic rings. The fourth-order valence-electron chi connectivity index (χ4n) is 3.41. The van der Waals surface area contributed by atoms with Gasteiger partial charge in [0.05, 0.1) is 21.3 Å². The van der Waals surface area contributed by atoms with Crippen molar-refractivity contribution in [3.63, 3.8) is 0 Å². The maximum atomic E-state index is 13.0. The third-order valence-electron chi connectivity index (χ3n) is 5.04. The Morgan fingerprint density at radius 1 is 1.07 bits per heavy atom. The molecule has 1 aromatic heterocycles. The molecule has 0 aliphatic carbocycles. The highest BCUT2D eigenvalue weighted by Gasteiger charge is 2.29. The van der Waals surface area contributed by atoms with E-state index in [1.54, 1.807) is 29.3 Å². The van der Waals surface area contributed by atoms with Crippen LogP contribution in [0.25, 0.3) is 0 Å². The van der Waals surface area contributed by atoms with Crippen LogP contribution in [0.4, 0.5) is 5.82 Å². The first-order chi connectivity index (χ1) is 14.5. The van der Waals surface area contributed by atoms with Crippen molar-refractivity contribution < 1.29 is 23.8 Å². The van der Waals surface area contributed by atoms with E-state index in [9.17, 15) is 9.59 Å². The number of carbonyl (C=O) groups is 2. The second-order valence-corrected chi connectivity index (χ2v) is 7.75. The predicted octanol–water partition coefficient (Wildman–Crippen LogP) is 3.36. The number of hydrogen-bond donors (Lipinski definition) is 1. The lowest BCUT2D eigenvalue weighted by Crippen LogP contribution is -2.41. The first-order valence-electron chi connectivity index (χ1n) is 9.48. The number of aromatic nitrogens is 1. The molecule has 1 saturated heterocycles. The summed E-state index contributed by atoms with van der Waals surface area (Å²) in [4.78, 5) is 31.4. The van der Waals surface area contributed by atoms with Crippen molar-refractivity contribution in [3.8, 4) is 17.2 Å². The van der Waals surface area contributed by atoms with Crippen molar-refractivity contribution in [1.82, 2.24) is 9.88 Å². The van der Waals surface area contributed by atoms with Crippen LogP contribution in [0.3, 0.4) is 0 Å². The van der Waals surface area contributed by atoms with E-state index in [4.69, 9.17) is 14.2 Å². The van der Waals surface area contributed by atoms with Crippen LogP contribution in [0.2, 0.25) is 0 Å². The van der Waals surface area contributed by atoms with E-state index >= 15 is 0 Å². The zero-order valence-corrected chi connectivity index (χ0v) is 18.7. The van der Waals surface area contributed by atoms with Gasteiger partial charge in [-0.25, -0.2) is 4.98 Å². The van der Waals surface area contributed by atoms with Crippen molar-refractivity contribution in [2.45, 2.75) is 12.8 Å². The number of benzene rings is 1. The van der Waals surface area contributed by atoms with Gasteiger partial charge in [-0.1, -0.05) is 0 Å². The Morgan fingerprint density at radius 2 is 1.70 bits per heavy atom. The van der Waals surface area contributed by atoms with Gasteiger partial charge < -0.3 is 24.4 Å². The molecule has 0 spiro atoms. The first-order valence-corrected chi connectivity index (χ1v) is 10.3. The molecule has 30 heavy (non-hydrogen) atoms. The van der Waals surface area contributed by atoms with Crippen molar-refractivity contribution in [1.29, 1.82) is 0 Å². The molecule has 2 heterocycles. The summed E-state index contributed by atoms with van der Waals surface area (Å²) in [5, 5.41) is 2.84. The van der Waals surface area contributed by atoms with Crippen molar-refractivity contribution in [3.05, 3.63) is 40.5 Å². The number of amides is 2. The maximum absolute atomic E-state index is 13.0. The fraction of sp³-hybridized carbons (Fsp3) is 0.381. The van der Waals surface area contributed by atoms with Crippen LogP contribution in [-0.4, -0.2) is 56.1 Å². The second kappa shape index (κ2) is 9.80. The average Bonchev–Trinajstić information content (AvgIpc) is 2.79. The summed E-state index contributed by atoms with van der Waals surface area (Å²) >= 11 is 3.32. The smallest absolute Gasteiger partial charge is 0.254 e. The highest BCUT2D eigenvalue weighted by molar-refractivity contribution is 9.10. The molecule has 1 aliphatic rings. The molecule has 9 heteroatoms. The number of methoxy groups -OCH3 is 3. The molecule has 2 amide bonds. The normalized spacial score (nSPS) is 14.2. The number of halogens is 1. The number of rotatable bonds is 6. The summed E-state index contributed by atoms with van der Waals surface area (Å²) < 4.78 is 16.8. The molecule has 1 aliphatic heterocycles. The molecule has 0 atom stereocenters. The summed E-state index contributed by atoms with van der Waals surface area (Å²) in [5.74, 6) is 1.42. The van der Waals surface area contributed by atoms with Crippen LogP contribution in [0.1, 0.15) is 23.2 Å². The number of pyridine rings is 1. The van der Waals surface area contributed by atoms with Crippen LogP contribution in [-0.2, 0) is 4.79 Å². The zero-order chi connectivity index (χ0) is 21.7. The Morgan fingerprint density at radius 3 is 2.20 bits per heavy atom. The number of piperidine rings is 1. The van der Waals surface area contributed by atoms with Gasteiger partial charge in [-0.3, -0.25) is 9.59 Å². The largest absolute Gasteiger partial charge is 0.493 e. The average molecular weight is 478 g/mol. The van der Waals surface area contributed by atoms with Crippen LogP contribution in [0.15, 0.2) is 34.9 Å². The van der Waals surface area contributed by atoms with Gasteiger partial charge in [0.25, 0.3) is 5.91 Å². The highest BCUT2D eigenvalue weighted by Crippen LogP contribution is 2.38. The molecule has 0 saturated carbocycles. The number of nitrogens with zero attached hydrogens (tertiary/aromatic N) is 2. The van der Waals surface area contributed by atoms with E-state index in [-0.39, 0.29) is 17.7 Å². The van der Waals surface area contributed by atoms with Gasteiger partial charge in [-0.15, -0.1) is 0 Å². The Bertz CT molecular complexity index is 886. The van der Waals surface area contributed by atoms with Gasteiger partial charge in [0, 0.05) is 35.2 Å². The van der Waals surface area contributed by atoms with Crippen molar-refractivity contribution in [2.75, 3.05) is 39.7 Å². The summed E-state index contributed by atoms with van der Waals surface area (Å²) in [7, 11) is 4.54. The molecule has 1 aromatic carbocycles. The van der Waals surface area contributed by atoms with E-state index in [0.717, 1.165) is 4.47 Å². The summed E-state index contributed by atoms with van der Waals surface area (Å²) in [6.45, 7) is 0.975. The number of likely N-dealkylation sites (tertiary alicyclic amines) is 1. The third-order valence-corrected chi connectivity index (χ3v) is 5.51. The standard InChI is InChI=1S/C21H24BrN3O5/c1-28-16-10-14(11-17(29-2)19(16)30-3)21(27)25-8-6-13(7-9-25)20(26)24-18-5-4-15(22)12-23-18/h4-5,10-13H,6-9H2,1-3H3,(H,23,24,26). The van der Waals surface area contributed by atoms with Gasteiger partial charge in [0.15, 0.2) is 11.5 Å². The minimum Gasteiger partial charge on any atom is -0.493 e. The Labute approximate surface area is 183 Å². The molecule has 3 rings (SSSR count). The van der Waals surface area contributed by atoms with Gasteiger partial charge in [-0.05, 0) is 53.0 Å². The number of carbonyl (C=O) groups excluding carboxylic acids is 2. The van der Waals surface area contributed by atoms with Gasteiger partial charge in [0.1, 0.15) is 5.82 Å². The number of hydrogen-bond acceptors (Lipinski definition) is 6. The minimum atomic E-state index is -0.167. The summed E-state index contributed by atoms with van der Waals surface area (Å²) in [6, 6.07) is 6.84. The Balaban J connectivity index is 1.64. The Kier molecular flexibility index (Phi) is 7.15. The molecular formula is C21H24BrN3O5. The van der Waals surface area contributed by atoms with Crippen molar-refractivity contribution >= 4 is 33.6 Å². The quantitative estimate of drug-likeness (QED) is 0.685. The SMILES string of the molecule is COc1cc(C(=O)N2CCC(C(=O)Nc3ccc(Br)cn3)CC2)cc(OC)c1OC. The predicted molar refractivity (Wildman–Crippen MR) is 115 cm³/mol. The summed E-state index contributed by atoms with van der Waals surface area (Å²) in [6.07, 6.45) is 2.80. The molecule has 0 radical (unpaired) electrons. The monoisotopic (exact) mass is 477 g/mol. The van der Waals surface area contributed by atoms with E-state index < -0.39 is 0 Å². The lowest BCUT2D eigenvalue weighted by atomic mass is 9.95. The van der Waals surface area contributed by atoms with E-state index in [1.807, 2.05) is 6.07 Å². The third kappa shape index (κ3) is 4.84. The number of ether oxygens (including phenoxy) is 3. The zero-order valence-electron chi connectivity index (χ0n) is 17.1. The molecule has 1 N–H and O–H groups in total. The second-order valence-electron chi connectivity index (χ2n) is 6.83. The van der Waals surface area contributed by atoms with Crippen molar-refractivity contribution in [2.24, 2.45) is 5.92 Å². The molecular weight excluding hydrogens is 454 g/mol. The van der Waals surface area contributed by atoms with Gasteiger partial charge >= 0.3 is 0 Å². The van der Waals surface area contributed by atoms with E-state index in [0.29, 0.717) is 54.6 Å². The lowest BCUT2D eigenvalue weighted by molar-refractivity contribution is -0.121. The van der Waals surface area contributed by atoms with E-state index in [1.165, 1.54) is 21.3 Å². The van der Waals surface area contributed by atoms with Crippen LogP contribution in [0.5, 0.6) is 17.2 Å². The lowest BCUT2D eigenvalue weighted by Gasteiger charge is -2.31. The topological polar surface area (TPSA) is 90.0 Å². The highest BCUT2D eigenvalue weighted by atomic mass is 79.9. The van der Waals surface area contributed by atoms with Crippen LogP contribution < -0.4 is 19.5 Å². The minimum absolute atomic E-state index is 0.0790. The molecule has 1 fully saturated rings. The molecule has 0 unspecified atom stereocenters. The molecule has 160 valence electrons. The van der Waals surface area contributed by atoms with Gasteiger partial charge in [0.2, 0.25) is 11.7 Å². The maximum Gasteiger partial charge on any atom is 0.254 e. The number of anilines is 1. The summed E-state index contributed by atoms with van der Waals surface area (Å²) in [5.41, 5.74) is 0.450. The van der Waals surface area contributed by atoms with Crippen LogP contribution in [0, 0.1) is 5.92 Å². The Hall–Kier alpha value is -2.81. The number of nitrogens with one attached hydrogen (secondary N) is 1. The van der Waals surface area contributed by atoms with Gasteiger partial charge in [-0.2, -0.15) is 0 Å². The first kappa shape index (κ1) is 21.9. The fourth-order valence-corrected chi connectivity index (χ4v) is 3.64.